The fourth-order valence-corrected chi connectivity index (χ4v) is 5.11. The first kappa shape index (κ1) is 21.9. The van der Waals surface area contributed by atoms with Crippen LogP contribution in [0.25, 0.3) is 12.2 Å². The average molecular weight is 473 g/mol. The summed E-state index contributed by atoms with van der Waals surface area (Å²) in [7, 11) is 4.19. The number of rotatable bonds is 2. The number of ether oxygens (including phenoxy) is 4. The molecule has 2 saturated heterocycles. The van der Waals surface area contributed by atoms with Gasteiger partial charge in [-0.05, 0) is 73.1 Å². The van der Waals surface area contributed by atoms with Crippen LogP contribution in [-0.2, 0) is 4.79 Å². The Labute approximate surface area is 204 Å². The quantitative estimate of drug-likeness (QED) is 0.617. The third-order valence-electron chi connectivity index (χ3n) is 6.84. The summed E-state index contributed by atoms with van der Waals surface area (Å²) in [5, 5.41) is 0. The highest BCUT2D eigenvalue weighted by Crippen LogP contribution is 2.36. The van der Waals surface area contributed by atoms with Crippen LogP contribution in [-0.4, -0.2) is 69.4 Å². The maximum Gasteiger partial charge on any atom is 0.231 e. The lowest BCUT2D eigenvalue weighted by molar-refractivity contribution is -0.113. The molecule has 7 nitrogen and oxygen atoms in total. The third-order valence-corrected chi connectivity index (χ3v) is 6.84. The minimum Gasteiger partial charge on any atom is -0.454 e. The molecule has 180 valence electrons. The van der Waals surface area contributed by atoms with Gasteiger partial charge in [-0.3, -0.25) is 9.69 Å². The van der Waals surface area contributed by atoms with Crippen molar-refractivity contribution < 1.29 is 23.7 Å². The molecule has 2 aromatic rings. The van der Waals surface area contributed by atoms with Crippen molar-refractivity contribution in [2.75, 3.05) is 53.9 Å². The lowest BCUT2D eigenvalue weighted by atomic mass is 9.85. The zero-order valence-electron chi connectivity index (χ0n) is 20.0. The standard InChI is InChI=1S/C28H28N2O5/c1-29-8-7-22(20(13-29)9-18-3-5-24-26(11-18)34-16-32-24)23-15-30(2)14-21(28(23)31)10-19-4-6-25-27(12-19)35-17-33-25/h3-6,9-12H,7-8,13-17H2,1-2H3/b20-9+,21-10+,23-22+. The molecule has 2 aromatic carbocycles. The monoisotopic (exact) mass is 472 g/mol. The number of ketones is 1. The van der Waals surface area contributed by atoms with Crippen LogP contribution in [0.1, 0.15) is 17.5 Å². The van der Waals surface area contributed by atoms with Gasteiger partial charge in [0.1, 0.15) is 0 Å². The first-order valence-corrected chi connectivity index (χ1v) is 11.9. The topological polar surface area (TPSA) is 60.5 Å². The Hall–Kier alpha value is -3.55. The summed E-state index contributed by atoms with van der Waals surface area (Å²) in [6, 6.07) is 11.8. The minimum absolute atomic E-state index is 0.136. The lowest BCUT2D eigenvalue weighted by Gasteiger charge is -2.33. The predicted octanol–water partition coefficient (Wildman–Crippen LogP) is 3.76. The number of hydrogen-bond acceptors (Lipinski definition) is 7. The molecule has 0 unspecified atom stereocenters. The minimum atomic E-state index is 0.136. The van der Waals surface area contributed by atoms with Gasteiger partial charge in [-0.1, -0.05) is 18.2 Å². The fourth-order valence-electron chi connectivity index (χ4n) is 5.11. The van der Waals surface area contributed by atoms with Crippen molar-refractivity contribution in [3.63, 3.8) is 0 Å². The van der Waals surface area contributed by atoms with E-state index >= 15 is 0 Å². The molecule has 0 atom stereocenters. The summed E-state index contributed by atoms with van der Waals surface area (Å²) in [6.45, 7) is 3.48. The first-order valence-electron chi connectivity index (χ1n) is 11.9. The van der Waals surface area contributed by atoms with Crippen molar-refractivity contribution in [3.8, 4) is 23.0 Å². The summed E-state index contributed by atoms with van der Waals surface area (Å²) in [6.07, 6.45) is 5.01. The Balaban J connectivity index is 1.37. The highest BCUT2D eigenvalue weighted by atomic mass is 16.7. The molecule has 0 amide bonds. The average Bonchev–Trinajstić information content (AvgIpc) is 3.50. The second-order valence-corrected chi connectivity index (χ2v) is 9.51. The fraction of sp³-hybridized carbons (Fsp3) is 0.321. The zero-order valence-corrected chi connectivity index (χ0v) is 20.0. The molecule has 0 spiro atoms. The molecule has 4 aliphatic rings. The van der Waals surface area contributed by atoms with Crippen LogP contribution in [0.15, 0.2) is 58.7 Å². The van der Waals surface area contributed by atoms with Gasteiger partial charge in [-0.25, -0.2) is 0 Å². The van der Waals surface area contributed by atoms with E-state index in [0.717, 1.165) is 70.4 Å². The normalized spacial score (nSPS) is 24.6. The van der Waals surface area contributed by atoms with E-state index < -0.39 is 0 Å². The summed E-state index contributed by atoms with van der Waals surface area (Å²) >= 11 is 0. The molecule has 6 rings (SSSR count). The van der Waals surface area contributed by atoms with E-state index in [-0.39, 0.29) is 19.4 Å². The molecule has 35 heavy (non-hydrogen) atoms. The maximum absolute atomic E-state index is 13.8. The summed E-state index contributed by atoms with van der Waals surface area (Å²) in [5.41, 5.74) is 6.02. The number of likely N-dealkylation sites (N-methyl/N-ethyl adjacent to an activating group) is 2. The van der Waals surface area contributed by atoms with Crippen molar-refractivity contribution in [3.05, 3.63) is 69.8 Å². The van der Waals surface area contributed by atoms with E-state index in [4.69, 9.17) is 18.9 Å². The van der Waals surface area contributed by atoms with Crippen molar-refractivity contribution in [2.24, 2.45) is 0 Å². The van der Waals surface area contributed by atoms with Crippen LogP contribution < -0.4 is 18.9 Å². The second kappa shape index (κ2) is 8.91. The first-order chi connectivity index (χ1) is 17.0. The van der Waals surface area contributed by atoms with Crippen molar-refractivity contribution >= 4 is 17.9 Å². The van der Waals surface area contributed by atoms with Gasteiger partial charge in [-0.15, -0.1) is 0 Å². The molecule has 4 aliphatic heterocycles. The third kappa shape index (κ3) is 4.33. The van der Waals surface area contributed by atoms with Gasteiger partial charge in [0.25, 0.3) is 0 Å². The Morgan fingerprint density at radius 1 is 0.686 bits per heavy atom. The van der Waals surface area contributed by atoms with Gasteiger partial charge in [-0.2, -0.15) is 0 Å². The van der Waals surface area contributed by atoms with E-state index in [2.05, 4.69) is 30.0 Å². The van der Waals surface area contributed by atoms with Crippen LogP contribution in [0.4, 0.5) is 0 Å². The van der Waals surface area contributed by atoms with E-state index in [1.54, 1.807) is 0 Å². The highest BCUT2D eigenvalue weighted by Gasteiger charge is 2.30. The Morgan fingerprint density at radius 2 is 1.26 bits per heavy atom. The van der Waals surface area contributed by atoms with E-state index in [0.29, 0.717) is 13.1 Å². The Kier molecular flexibility index (Phi) is 5.59. The smallest absolute Gasteiger partial charge is 0.231 e. The largest absolute Gasteiger partial charge is 0.454 e. The SMILES string of the molecule is CN1CCC(=C2/CN(C)C/C(=C\c3ccc4c(c3)OCO4)C2=O)/C(=C/c2ccc3c(c2)OCO3)C1. The number of fused-ring (bicyclic) bond motifs is 2. The van der Waals surface area contributed by atoms with Gasteiger partial charge in [0, 0.05) is 37.3 Å². The predicted molar refractivity (Wildman–Crippen MR) is 133 cm³/mol. The van der Waals surface area contributed by atoms with Crippen LogP contribution in [0.5, 0.6) is 23.0 Å². The van der Waals surface area contributed by atoms with Crippen LogP contribution in [0.2, 0.25) is 0 Å². The lowest BCUT2D eigenvalue weighted by Crippen LogP contribution is -2.37. The van der Waals surface area contributed by atoms with Gasteiger partial charge in [0.15, 0.2) is 28.8 Å². The molecule has 0 radical (unpaired) electrons. The van der Waals surface area contributed by atoms with Crippen molar-refractivity contribution in [2.45, 2.75) is 6.42 Å². The summed E-state index contributed by atoms with van der Waals surface area (Å²) in [4.78, 5) is 18.3. The number of benzene rings is 2. The van der Waals surface area contributed by atoms with E-state index in [1.165, 1.54) is 5.57 Å². The van der Waals surface area contributed by atoms with E-state index in [9.17, 15) is 4.79 Å². The molecule has 0 saturated carbocycles. The van der Waals surface area contributed by atoms with Crippen molar-refractivity contribution in [1.29, 1.82) is 0 Å². The van der Waals surface area contributed by atoms with Crippen LogP contribution >= 0.6 is 0 Å². The van der Waals surface area contributed by atoms with E-state index in [1.807, 2.05) is 42.5 Å². The molecule has 0 bridgehead atoms. The molecular formula is C28H28N2O5. The second-order valence-electron chi connectivity index (χ2n) is 9.51. The van der Waals surface area contributed by atoms with Gasteiger partial charge in [0.05, 0.1) is 0 Å². The number of Topliss-reactive ketones (excluding diaryl/α,β-unsaturated/α-hetero) is 1. The number of likely N-dealkylation sites (tertiary alicyclic amines) is 2. The highest BCUT2D eigenvalue weighted by molar-refractivity contribution is 6.13. The summed E-state index contributed by atoms with van der Waals surface area (Å²) in [5.74, 6) is 3.14. The van der Waals surface area contributed by atoms with Crippen molar-refractivity contribution in [1.82, 2.24) is 9.80 Å². The molecule has 0 N–H and O–H groups in total. The molecular weight excluding hydrogens is 444 g/mol. The molecule has 0 aliphatic carbocycles. The van der Waals surface area contributed by atoms with Gasteiger partial charge in [0.2, 0.25) is 13.6 Å². The number of hydrogen-bond donors (Lipinski definition) is 0. The Morgan fingerprint density at radius 3 is 1.91 bits per heavy atom. The zero-order chi connectivity index (χ0) is 23.9. The van der Waals surface area contributed by atoms with Crippen LogP contribution in [0.3, 0.4) is 0 Å². The summed E-state index contributed by atoms with van der Waals surface area (Å²) < 4.78 is 22.0. The molecule has 4 heterocycles. The number of nitrogens with zero attached hydrogens (tertiary/aromatic N) is 2. The molecule has 2 fully saturated rings. The van der Waals surface area contributed by atoms with Gasteiger partial charge >= 0.3 is 0 Å². The molecule has 7 heteroatoms. The Bertz CT molecular complexity index is 1290. The van der Waals surface area contributed by atoms with Crippen LogP contribution in [0, 0.1) is 0 Å². The number of piperidine rings is 2. The maximum atomic E-state index is 13.8. The number of carbonyl (C=O) groups excluding carboxylic acids is 1. The van der Waals surface area contributed by atoms with Gasteiger partial charge < -0.3 is 23.8 Å². The number of carbonyl (C=O) groups is 1. The molecule has 0 aromatic heterocycles.